The molecule has 0 saturated heterocycles. The normalized spacial score (nSPS) is 18.4. The summed E-state index contributed by atoms with van der Waals surface area (Å²) < 4.78 is 0. The van der Waals surface area contributed by atoms with E-state index >= 15 is 0 Å². The van der Waals surface area contributed by atoms with Crippen LogP contribution in [0.15, 0.2) is 30.3 Å². The lowest BCUT2D eigenvalue weighted by Crippen LogP contribution is -2.29. The predicted octanol–water partition coefficient (Wildman–Crippen LogP) is 1.49. The van der Waals surface area contributed by atoms with Crippen LogP contribution in [-0.2, 0) is 0 Å². The smallest absolute Gasteiger partial charge is 0.193 e. The summed E-state index contributed by atoms with van der Waals surface area (Å²) in [4.78, 5) is 1.64. The zero-order valence-electron chi connectivity index (χ0n) is 9.01. The highest BCUT2D eigenvalue weighted by molar-refractivity contribution is 5.62. The minimum Gasteiger partial charge on any atom is -0.363 e. The Morgan fingerprint density at radius 1 is 1.19 bits per heavy atom. The van der Waals surface area contributed by atoms with Gasteiger partial charge in [0.2, 0.25) is 0 Å². The first kappa shape index (κ1) is 9.21. The number of hydrogen-bond acceptors (Lipinski definition) is 4. The summed E-state index contributed by atoms with van der Waals surface area (Å²) in [7, 11) is 0. The highest BCUT2D eigenvalue weighted by Crippen LogP contribution is 2.22. The zero-order valence-corrected chi connectivity index (χ0v) is 9.01. The van der Waals surface area contributed by atoms with E-state index < -0.39 is 0 Å². The molecule has 3 rings (SSSR count). The summed E-state index contributed by atoms with van der Waals surface area (Å²) in [6.45, 7) is 2.98. The first-order valence-electron chi connectivity index (χ1n) is 5.36. The number of nitrogens with zero attached hydrogens (tertiary/aromatic N) is 3. The molecule has 2 heterocycles. The third-order valence-electron chi connectivity index (χ3n) is 2.56. The summed E-state index contributed by atoms with van der Waals surface area (Å²) in [6.07, 6.45) is 0. The van der Waals surface area contributed by atoms with E-state index in [0.717, 1.165) is 23.9 Å². The van der Waals surface area contributed by atoms with Crippen LogP contribution in [0.3, 0.4) is 0 Å². The number of para-hydroxylation sites is 1. The fourth-order valence-corrected chi connectivity index (χ4v) is 1.73. The number of rotatable bonds is 1. The maximum absolute atomic E-state index is 4.40. The van der Waals surface area contributed by atoms with Crippen molar-refractivity contribution in [2.45, 2.75) is 13.0 Å². The van der Waals surface area contributed by atoms with Crippen molar-refractivity contribution in [1.29, 1.82) is 0 Å². The van der Waals surface area contributed by atoms with Crippen molar-refractivity contribution in [2.24, 2.45) is 0 Å². The van der Waals surface area contributed by atoms with Crippen molar-refractivity contribution in [3.05, 3.63) is 30.3 Å². The average Bonchev–Trinajstić information content (AvgIpc) is 2.73. The second-order valence-corrected chi connectivity index (χ2v) is 3.95. The van der Waals surface area contributed by atoms with Crippen LogP contribution in [-0.4, -0.2) is 27.6 Å². The summed E-state index contributed by atoms with van der Waals surface area (Å²) in [5.41, 5.74) is 0.966. The lowest BCUT2D eigenvalue weighted by atomic mass is 10.3. The third-order valence-corrected chi connectivity index (χ3v) is 2.56. The fraction of sp³-hybridized carbons (Fsp3) is 0.273. The van der Waals surface area contributed by atoms with Gasteiger partial charge in [-0.05, 0) is 19.1 Å². The molecule has 5 heteroatoms. The molecule has 1 aromatic heterocycles. The molecule has 1 atom stereocenters. The van der Waals surface area contributed by atoms with Gasteiger partial charge in [0, 0.05) is 12.6 Å². The summed E-state index contributed by atoms with van der Waals surface area (Å²) in [5.74, 6) is 1.64. The highest BCUT2D eigenvalue weighted by Gasteiger charge is 2.18. The van der Waals surface area contributed by atoms with E-state index in [4.69, 9.17) is 0 Å². The minimum atomic E-state index is 0.383. The summed E-state index contributed by atoms with van der Waals surface area (Å²) in [6, 6.07) is 10.3. The largest absolute Gasteiger partial charge is 0.363 e. The molecule has 2 aromatic rings. The minimum absolute atomic E-state index is 0.383. The lowest BCUT2D eigenvalue weighted by Gasteiger charge is -2.19. The Balaban J connectivity index is 1.99. The molecule has 0 aliphatic carbocycles. The van der Waals surface area contributed by atoms with Gasteiger partial charge in [0.05, 0.1) is 5.69 Å². The molecule has 1 aliphatic heterocycles. The number of nitrogens with one attached hydrogen (secondary N) is 2. The Morgan fingerprint density at radius 3 is 2.75 bits per heavy atom. The molecule has 1 aromatic carbocycles. The molecule has 0 saturated carbocycles. The molecule has 5 nitrogen and oxygen atoms in total. The number of hydrogen-bond donors (Lipinski definition) is 2. The van der Waals surface area contributed by atoms with Gasteiger partial charge in [-0.25, -0.2) is 0 Å². The van der Waals surface area contributed by atoms with E-state index in [1.165, 1.54) is 0 Å². The molecular formula is C11H13N5. The van der Waals surface area contributed by atoms with Crippen molar-refractivity contribution in [3.8, 4) is 5.69 Å². The Kier molecular flexibility index (Phi) is 2.02. The van der Waals surface area contributed by atoms with Crippen LogP contribution in [0.4, 0.5) is 11.6 Å². The molecule has 82 valence electrons. The summed E-state index contributed by atoms with van der Waals surface area (Å²) in [5, 5.41) is 15.3. The molecule has 0 radical (unpaired) electrons. The lowest BCUT2D eigenvalue weighted by molar-refractivity contribution is 0.755. The third kappa shape index (κ3) is 1.50. The van der Waals surface area contributed by atoms with Crippen LogP contribution in [0.1, 0.15) is 6.92 Å². The molecule has 1 aliphatic rings. The number of benzene rings is 1. The van der Waals surface area contributed by atoms with Crippen LogP contribution in [0.25, 0.3) is 5.69 Å². The quantitative estimate of drug-likeness (QED) is 0.756. The molecule has 1 unspecified atom stereocenters. The van der Waals surface area contributed by atoms with Gasteiger partial charge in [0.25, 0.3) is 0 Å². The molecule has 2 N–H and O–H groups in total. The SMILES string of the molecule is CC1CNc2nn(-c3ccccc3)nc2N1. The van der Waals surface area contributed by atoms with E-state index in [1.54, 1.807) is 4.80 Å². The first-order valence-corrected chi connectivity index (χ1v) is 5.36. The van der Waals surface area contributed by atoms with Gasteiger partial charge < -0.3 is 10.6 Å². The molecule has 0 fully saturated rings. The van der Waals surface area contributed by atoms with E-state index in [9.17, 15) is 0 Å². The monoisotopic (exact) mass is 215 g/mol. The Labute approximate surface area is 93.5 Å². The van der Waals surface area contributed by atoms with Gasteiger partial charge in [-0.15, -0.1) is 15.0 Å². The van der Waals surface area contributed by atoms with E-state index in [-0.39, 0.29) is 0 Å². The molecule has 0 spiro atoms. The van der Waals surface area contributed by atoms with Gasteiger partial charge in [-0.1, -0.05) is 18.2 Å². The van der Waals surface area contributed by atoms with Crippen LogP contribution in [0, 0.1) is 0 Å². The molecule has 16 heavy (non-hydrogen) atoms. The predicted molar refractivity (Wildman–Crippen MR) is 62.9 cm³/mol. The van der Waals surface area contributed by atoms with Crippen molar-refractivity contribution in [1.82, 2.24) is 15.0 Å². The van der Waals surface area contributed by atoms with Gasteiger partial charge in [-0.3, -0.25) is 0 Å². The summed E-state index contributed by atoms with van der Waals surface area (Å²) >= 11 is 0. The number of anilines is 2. The van der Waals surface area contributed by atoms with Crippen LogP contribution >= 0.6 is 0 Å². The average molecular weight is 215 g/mol. The fourth-order valence-electron chi connectivity index (χ4n) is 1.73. The number of aromatic nitrogens is 3. The number of fused-ring (bicyclic) bond motifs is 1. The van der Waals surface area contributed by atoms with Crippen LogP contribution in [0.5, 0.6) is 0 Å². The van der Waals surface area contributed by atoms with Gasteiger partial charge in [0.1, 0.15) is 0 Å². The van der Waals surface area contributed by atoms with Crippen LogP contribution < -0.4 is 10.6 Å². The molecular weight excluding hydrogens is 202 g/mol. The standard InChI is InChI=1S/C11H13N5/c1-8-7-12-10-11(13-8)15-16(14-10)9-5-3-2-4-6-9/h2-6,8H,7H2,1H3,(H,12,14)(H,13,15). The molecule has 0 amide bonds. The van der Waals surface area contributed by atoms with Gasteiger partial charge in [0.15, 0.2) is 11.6 Å². The van der Waals surface area contributed by atoms with Crippen molar-refractivity contribution >= 4 is 11.6 Å². The van der Waals surface area contributed by atoms with Crippen molar-refractivity contribution < 1.29 is 0 Å². The maximum atomic E-state index is 4.40. The highest BCUT2D eigenvalue weighted by atomic mass is 15.5. The second kappa shape index (κ2) is 3.52. The zero-order chi connectivity index (χ0) is 11.0. The van der Waals surface area contributed by atoms with E-state index in [0.29, 0.717) is 6.04 Å². The Morgan fingerprint density at radius 2 is 1.94 bits per heavy atom. The molecule has 0 bridgehead atoms. The van der Waals surface area contributed by atoms with Crippen molar-refractivity contribution in [3.63, 3.8) is 0 Å². The topological polar surface area (TPSA) is 54.8 Å². The first-order chi connectivity index (χ1) is 7.83. The van der Waals surface area contributed by atoms with Gasteiger partial charge in [-0.2, -0.15) is 0 Å². The van der Waals surface area contributed by atoms with Gasteiger partial charge >= 0.3 is 0 Å². The second-order valence-electron chi connectivity index (χ2n) is 3.95. The Hall–Kier alpha value is -2.04. The van der Waals surface area contributed by atoms with Crippen LogP contribution in [0.2, 0.25) is 0 Å². The van der Waals surface area contributed by atoms with Crippen molar-refractivity contribution in [2.75, 3.05) is 17.2 Å². The Bertz CT molecular complexity index is 490. The van der Waals surface area contributed by atoms with E-state index in [2.05, 4.69) is 27.8 Å². The maximum Gasteiger partial charge on any atom is 0.193 e. The van der Waals surface area contributed by atoms with E-state index in [1.807, 2.05) is 30.3 Å².